The molecule has 0 aromatic rings. The zero-order chi connectivity index (χ0) is 36.8. The van der Waals surface area contributed by atoms with E-state index in [-0.39, 0.29) is 25.2 Å². The molecule has 0 rings (SSSR count). The van der Waals surface area contributed by atoms with Gasteiger partial charge in [0.1, 0.15) is 13.2 Å². The van der Waals surface area contributed by atoms with Crippen molar-refractivity contribution in [2.45, 2.75) is 200 Å². The number of nitrogens with zero attached hydrogens (tertiary/aromatic N) is 1. The Hall–Kier alpha value is -2.08. The molecule has 0 saturated heterocycles. The molecule has 292 valence electrons. The molecule has 0 radical (unpaired) electrons. The van der Waals surface area contributed by atoms with Gasteiger partial charge in [-0.1, -0.05) is 154 Å². The Balaban J connectivity index is 4.17. The SMILES string of the molecule is C=C(CCCN(C)C)OC(COC(=O)CCCCCCC/C=C\C/C=C\CCCCC)COC(=O)CCCCCCCCCCCCCCC. The highest BCUT2D eigenvalue weighted by Crippen LogP contribution is 2.15. The van der Waals surface area contributed by atoms with Crippen molar-refractivity contribution in [3.8, 4) is 0 Å². The van der Waals surface area contributed by atoms with E-state index in [0.717, 1.165) is 57.9 Å². The molecule has 0 fully saturated rings. The van der Waals surface area contributed by atoms with Crippen LogP contribution in [0.4, 0.5) is 0 Å². The smallest absolute Gasteiger partial charge is 0.305 e. The number of allylic oxidation sites excluding steroid dienone is 5. The summed E-state index contributed by atoms with van der Waals surface area (Å²) in [6.07, 6.45) is 40.2. The Morgan fingerprint density at radius 1 is 0.540 bits per heavy atom. The Morgan fingerprint density at radius 2 is 0.940 bits per heavy atom. The summed E-state index contributed by atoms with van der Waals surface area (Å²) in [5, 5.41) is 0. The standard InChI is InChI=1S/C44H81NO5/c1-6-8-10-12-14-16-18-20-21-23-25-27-29-31-33-37-44(47)49-40-42(50-41(3)35-34-38-45(4)5)39-48-43(46)36-32-30-28-26-24-22-19-17-15-13-11-9-7-2/h14,16,20-21,42H,3,6-13,15,17-19,22-40H2,1-2,4-5H3/b16-14-,21-20-. The van der Waals surface area contributed by atoms with Crippen LogP contribution < -0.4 is 0 Å². The number of ether oxygens (including phenoxy) is 3. The van der Waals surface area contributed by atoms with E-state index in [2.05, 4.69) is 49.6 Å². The molecule has 0 saturated carbocycles. The number of esters is 2. The molecule has 6 heteroatoms. The van der Waals surface area contributed by atoms with E-state index >= 15 is 0 Å². The van der Waals surface area contributed by atoms with Gasteiger partial charge in [0.15, 0.2) is 6.10 Å². The van der Waals surface area contributed by atoms with Crippen LogP contribution in [0.2, 0.25) is 0 Å². The van der Waals surface area contributed by atoms with Gasteiger partial charge in [0.05, 0.1) is 5.76 Å². The lowest BCUT2D eigenvalue weighted by Crippen LogP contribution is -2.28. The average molecular weight is 704 g/mol. The molecule has 0 heterocycles. The Bertz CT molecular complexity index is 836. The minimum absolute atomic E-state index is 0.0673. The van der Waals surface area contributed by atoms with Gasteiger partial charge >= 0.3 is 11.9 Å². The summed E-state index contributed by atoms with van der Waals surface area (Å²) in [6, 6.07) is 0. The first-order valence-corrected chi connectivity index (χ1v) is 21.0. The lowest BCUT2D eigenvalue weighted by Gasteiger charge is -2.21. The van der Waals surface area contributed by atoms with Gasteiger partial charge in [-0.3, -0.25) is 9.59 Å². The lowest BCUT2D eigenvalue weighted by molar-refractivity contribution is -0.153. The molecule has 1 unspecified atom stereocenters. The molecule has 0 aromatic heterocycles. The molecule has 0 aromatic carbocycles. The third kappa shape index (κ3) is 37.2. The molecule has 0 aliphatic heterocycles. The number of hydrogen-bond acceptors (Lipinski definition) is 6. The van der Waals surface area contributed by atoms with Crippen molar-refractivity contribution < 1.29 is 23.8 Å². The third-order valence-corrected chi connectivity index (χ3v) is 9.07. The average Bonchev–Trinajstić information content (AvgIpc) is 3.09. The van der Waals surface area contributed by atoms with E-state index < -0.39 is 6.10 Å². The van der Waals surface area contributed by atoms with E-state index in [1.807, 2.05) is 14.1 Å². The molecule has 0 amide bonds. The minimum atomic E-state index is -0.536. The molecule has 6 nitrogen and oxygen atoms in total. The number of carbonyl (C=O) groups is 2. The van der Waals surface area contributed by atoms with Gasteiger partial charge in [-0.05, 0) is 72.0 Å². The molecular formula is C44H81NO5. The predicted molar refractivity (Wildman–Crippen MR) is 213 cm³/mol. The zero-order valence-corrected chi connectivity index (χ0v) is 33.5. The second-order valence-corrected chi connectivity index (χ2v) is 14.5. The molecule has 0 aliphatic carbocycles. The van der Waals surface area contributed by atoms with Gasteiger partial charge in [-0.15, -0.1) is 0 Å². The van der Waals surface area contributed by atoms with E-state index in [1.165, 1.54) is 109 Å². The first-order chi connectivity index (χ1) is 24.4. The van der Waals surface area contributed by atoms with Crippen molar-refractivity contribution in [3.63, 3.8) is 0 Å². The molecule has 0 bridgehead atoms. The first kappa shape index (κ1) is 47.9. The van der Waals surface area contributed by atoms with Gasteiger partial charge in [0.25, 0.3) is 0 Å². The van der Waals surface area contributed by atoms with Crippen LogP contribution in [0.25, 0.3) is 0 Å². The van der Waals surface area contributed by atoms with Gasteiger partial charge in [-0.2, -0.15) is 0 Å². The number of rotatable bonds is 38. The van der Waals surface area contributed by atoms with Gasteiger partial charge in [-0.25, -0.2) is 0 Å². The van der Waals surface area contributed by atoms with Crippen LogP contribution in [-0.2, 0) is 23.8 Å². The highest BCUT2D eigenvalue weighted by Gasteiger charge is 2.17. The maximum atomic E-state index is 12.5. The molecule has 0 spiro atoms. The molecule has 50 heavy (non-hydrogen) atoms. The van der Waals surface area contributed by atoms with Gasteiger partial charge in [0, 0.05) is 19.3 Å². The van der Waals surface area contributed by atoms with E-state index in [4.69, 9.17) is 14.2 Å². The van der Waals surface area contributed by atoms with Crippen molar-refractivity contribution in [1.82, 2.24) is 4.90 Å². The highest BCUT2D eigenvalue weighted by molar-refractivity contribution is 5.69. The maximum absolute atomic E-state index is 12.5. The molecule has 1 atom stereocenters. The predicted octanol–water partition coefficient (Wildman–Crippen LogP) is 12.6. The normalized spacial score (nSPS) is 12.3. The highest BCUT2D eigenvalue weighted by atomic mass is 16.6. The van der Waals surface area contributed by atoms with Crippen LogP contribution in [0.15, 0.2) is 36.6 Å². The quantitative estimate of drug-likeness (QED) is 0.0276. The summed E-state index contributed by atoms with van der Waals surface area (Å²) in [6.45, 7) is 9.63. The van der Waals surface area contributed by atoms with Crippen LogP contribution in [0.1, 0.15) is 194 Å². The van der Waals surface area contributed by atoms with Crippen molar-refractivity contribution in [1.29, 1.82) is 0 Å². The van der Waals surface area contributed by atoms with E-state index in [0.29, 0.717) is 25.0 Å². The zero-order valence-electron chi connectivity index (χ0n) is 33.5. The van der Waals surface area contributed by atoms with Crippen molar-refractivity contribution in [3.05, 3.63) is 36.6 Å². The largest absolute Gasteiger partial charge is 0.488 e. The minimum Gasteiger partial charge on any atom is -0.488 e. The fraction of sp³-hybridized carbons (Fsp3) is 0.818. The first-order valence-electron chi connectivity index (χ1n) is 21.0. The number of unbranched alkanes of at least 4 members (excludes halogenated alkanes) is 20. The second-order valence-electron chi connectivity index (χ2n) is 14.5. The Kier molecular flexibility index (Phi) is 36.6. The summed E-state index contributed by atoms with van der Waals surface area (Å²) in [5.41, 5.74) is 0. The summed E-state index contributed by atoms with van der Waals surface area (Å²) in [5.74, 6) is 0.200. The van der Waals surface area contributed by atoms with Crippen LogP contribution >= 0.6 is 0 Å². The Morgan fingerprint density at radius 3 is 1.40 bits per heavy atom. The fourth-order valence-electron chi connectivity index (χ4n) is 5.89. The van der Waals surface area contributed by atoms with Crippen LogP contribution in [0.3, 0.4) is 0 Å². The van der Waals surface area contributed by atoms with Crippen molar-refractivity contribution >= 4 is 11.9 Å². The van der Waals surface area contributed by atoms with Crippen LogP contribution in [0.5, 0.6) is 0 Å². The molecule has 0 aliphatic rings. The van der Waals surface area contributed by atoms with Crippen molar-refractivity contribution in [2.75, 3.05) is 33.9 Å². The summed E-state index contributed by atoms with van der Waals surface area (Å²) < 4.78 is 17.1. The van der Waals surface area contributed by atoms with Crippen LogP contribution in [0, 0.1) is 0 Å². The third-order valence-electron chi connectivity index (χ3n) is 9.07. The van der Waals surface area contributed by atoms with Gasteiger partial charge in [0.2, 0.25) is 0 Å². The summed E-state index contributed by atoms with van der Waals surface area (Å²) >= 11 is 0. The maximum Gasteiger partial charge on any atom is 0.305 e. The lowest BCUT2D eigenvalue weighted by atomic mass is 10.0. The van der Waals surface area contributed by atoms with E-state index in [9.17, 15) is 9.59 Å². The number of hydrogen-bond donors (Lipinski definition) is 0. The second kappa shape index (κ2) is 38.2. The fourth-order valence-corrected chi connectivity index (χ4v) is 5.89. The molecule has 0 N–H and O–H groups in total. The molecular weight excluding hydrogens is 622 g/mol. The number of carbonyl (C=O) groups excluding carboxylic acids is 2. The monoisotopic (exact) mass is 704 g/mol. The topological polar surface area (TPSA) is 65.1 Å². The van der Waals surface area contributed by atoms with Crippen molar-refractivity contribution in [2.24, 2.45) is 0 Å². The summed E-state index contributed by atoms with van der Waals surface area (Å²) in [4.78, 5) is 27.1. The summed E-state index contributed by atoms with van der Waals surface area (Å²) in [7, 11) is 4.08. The Labute approximate surface area is 310 Å². The van der Waals surface area contributed by atoms with E-state index in [1.54, 1.807) is 0 Å². The van der Waals surface area contributed by atoms with Crippen LogP contribution in [-0.4, -0.2) is 56.8 Å². The van der Waals surface area contributed by atoms with Gasteiger partial charge < -0.3 is 19.1 Å².